The maximum atomic E-state index is 11.4. The van der Waals surface area contributed by atoms with E-state index in [9.17, 15) is 19.8 Å². The van der Waals surface area contributed by atoms with Gasteiger partial charge in [-0.25, -0.2) is 9.59 Å². The molecule has 490 valence electrons. The first-order valence-corrected chi connectivity index (χ1v) is 40.0. The summed E-state index contributed by atoms with van der Waals surface area (Å²) in [6.45, 7) is 23.2. The van der Waals surface area contributed by atoms with Crippen molar-refractivity contribution in [3.05, 3.63) is 106 Å². The number of aromatic carboxylic acids is 2. The Balaban J connectivity index is 0.000000921. The summed E-state index contributed by atoms with van der Waals surface area (Å²) < 4.78 is 0. The van der Waals surface area contributed by atoms with Crippen LogP contribution in [0.1, 0.15) is 279 Å². The van der Waals surface area contributed by atoms with E-state index in [1.807, 2.05) is 13.8 Å². The topological polar surface area (TPSA) is 186 Å². The molecule has 0 atom stereocenters. The summed E-state index contributed by atoms with van der Waals surface area (Å²) >= 11 is 0. The van der Waals surface area contributed by atoms with E-state index in [2.05, 4.69) is 104 Å². The maximum Gasteiger partial charge on any atom is 2.00 e. The molecule has 0 spiro atoms. The van der Waals surface area contributed by atoms with Crippen molar-refractivity contribution in [2.24, 2.45) is 9.98 Å². The number of aryl methyl sites for hydroxylation is 2. The van der Waals surface area contributed by atoms with Gasteiger partial charge in [-0.2, -0.15) is 0 Å². The average Bonchev–Trinajstić information content (AvgIpc) is 2.84. The second-order valence-electron chi connectivity index (χ2n) is 24.5. The largest absolute Gasteiger partial charge is 2.00 e. The Kier molecular flexibility index (Phi) is 43.6. The molecule has 4 rings (SSSR count). The van der Waals surface area contributed by atoms with Gasteiger partial charge in [-0.3, -0.25) is 9.98 Å². The Morgan fingerprint density at radius 2 is 0.644 bits per heavy atom. The minimum Gasteiger partial charge on any atom is -0.869 e. The van der Waals surface area contributed by atoms with Gasteiger partial charge < -0.3 is 30.6 Å². The van der Waals surface area contributed by atoms with Gasteiger partial charge in [0.1, 0.15) is 11.5 Å². The van der Waals surface area contributed by atoms with Crippen LogP contribution in [0.3, 0.4) is 0 Å². The van der Waals surface area contributed by atoms with Crippen molar-refractivity contribution in [3.8, 4) is 23.0 Å². The third-order valence-corrected chi connectivity index (χ3v) is 29.7. The van der Waals surface area contributed by atoms with Crippen molar-refractivity contribution in [2.45, 2.75) is 297 Å². The number of hydrogen-bond donors (Lipinski definition) is 4. The van der Waals surface area contributed by atoms with E-state index in [4.69, 9.17) is 30.4 Å². The standard InChI is InChI=1S/C50H88N2Si2.2C12H16O4.Ni/c1-9-17-19-20-21-22-23-24-25-26-27-28-29-30-32-34-50(52-48-41-37-46(38-42-48)44-54(14-6,15-7)16-8)49(33-31-18-10-2)51-47-39-35-45(36-40-47)43-53(11-3,12-4)13-5;2*1-2-3-4-5-8-6-7-9(13)11(14)10(8)12(15)16;/h35-42H,9-34,43-44H2,1-8H3;2*6-7,13-14H,2-5H2,1H3,(H,15,16);/q;;;+2/p-2. The number of carboxylic acid groups (broad SMARTS) is 2. The molecule has 10 nitrogen and oxygen atoms in total. The Hall–Kier alpha value is -4.71. The number of nitrogens with zero attached hydrogens (tertiary/aromatic N) is 2. The van der Waals surface area contributed by atoms with E-state index in [0.29, 0.717) is 24.0 Å². The van der Waals surface area contributed by atoms with E-state index in [0.717, 1.165) is 62.7 Å². The first-order chi connectivity index (χ1) is 41.5. The summed E-state index contributed by atoms with van der Waals surface area (Å²) in [5.74, 6) is -5.13. The predicted molar refractivity (Wildman–Crippen MR) is 368 cm³/mol. The zero-order valence-electron chi connectivity index (χ0n) is 56.0. The van der Waals surface area contributed by atoms with Gasteiger partial charge in [0.2, 0.25) is 0 Å². The number of benzene rings is 4. The summed E-state index contributed by atoms with van der Waals surface area (Å²) in [5.41, 5.74) is 8.08. The van der Waals surface area contributed by atoms with E-state index < -0.39 is 51.1 Å². The van der Waals surface area contributed by atoms with Crippen LogP contribution in [0.4, 0.5) is 11.4 Å². The van der Waals surface area contributed by atoms with Crippen molar-refractivity contribution in [1.82, 2.24) is 0 Å². The molecule has 0 aliphatic carbocycles. The van der Waals surface area contributed by atoms with Crippen molar-refractivity contribution >= 4 is 50.9 Å². The minimum absolute atomic E-state index is 0. The van der Waals surface area contributed by atoms with Gasteiger partial charge >= 0.3 is 28.4 Å². The number of rotatable bonds is 43. The minimum atomic E-state index is -1.27. The molecule has 0 fully saturated rings. The van der Waals surface area contributed by atoms with Gasteiger partial charge in [-0.1, -0.05) is 293 Å². The summed E-state index contributed by atoms with van der Waals surface area (Å²) in [6, 6.07) is 35.1. The molecule has 0 saturated carbocycles. The van der Waals surface area contributed by atoms with Crippen LogP contribution in [0.25, 0.3) is 0 Å². The van der Waals surface area contributed by atoms with Crippen LogP contribution < -0.4 is 10.2 Å². The normalized spacial score (nSPS) is 11.8. The van der Waals surface area contributed by atoms with Crippen molar-refractivity contribution in [3.63, 3.8) is 0 Å². The van der Waals surface area contributed by atoms with E-state index in [-0.39, 0.29) is 27.6 Å². The van der Waals surface area contributed by atoms with Crippen molar-refractivity contribution in [2.75, 3.05) is 0 Å². The third-order valence-electron chi connectivity index (χ3n) is 18.4. The maximum absolute atomic E-state index is 11.4. The molecule has 0 saturated heterocycles. The third kappa shape index (κ3) is 30.6. The Labute approximate surface area is 541 Å². The van der Waals surface area contributed by atoms with Crippen LogP contribution >= 0.6 is 0 Å². The van der Waals surface area contributed by atoms with Gasteiger partial charge in [-0.15, -0.1) is 0 Å². The SMILES string of the molecule is CCCCCCCCCCCCCCCCCC(=Nc1ccc(C[Si](CC)(CC)CC)cc1)C(CCCCC)=Nc1ccc(C[Si](CC)(CC)CC)cc1.CCCCCc1ccc(O)c([O-])c1C(=O)O.CCCCCc1ccc(O)c([O-])c1C(=O)O.[Ni+2]. The molecule has 0 unspecified atom stereocenters. The molecule has 0 heterocycles. The Bertz CT molecular complexity index is 2450. The number of carbonyl (C=O) groups is 2. The number of hydrogen-bond acceptors (Lipinski definition) is 8. The number of unbranched alkanes of at least 4 members (excludes halogenated alkanes) is 20. The van der Waals surface area contributed by atoms with Crippen LogP contribution in [0.15, 0.2) is 82.8 Å². The smallest absolute Gasteiger partial charge is 0.869 e. The Morgan fingerprint density at radius 3 is 0.931 bits per heavy atom. The molecule has 4 aromatic carbocycles. The van der Waals surface area contributed by atoms with Gasteiger partial charge in [0, 0.05) is 0 Å². The van der Waals surface area contributed by atoms with Gasteiger partial charge in [-0.05, 0) is 111 Å². The summed E-state index contributed by atoms with van der Waals surface area (Å²) in [5, 5.41) is 59.0. The number of phenolic OH excluding ortho intramolecular Hbond substituents is 2. The molecule has 4 N–H and O–H groups in total. The zero-order valence-corrected chi connectivity index (χ0v) is 59.0. The molecule has 4 aromatic rings. The molecule has 0 aliphatic rings. The fourth-order valence-electron chi connectivity index (χ4n) is 11.8. The number of aliphatic imine (C=N–C) groups is 2. The molecule has 0 bridgehead atoms. The monoisotopic (exact) mass is 1280 g/mol. The van der Waals surface area contributed by atoms with Gasteiger partial charge in [0.25, 0.3) is 0 Å². The van der Waals surface area contributed by atoms with Gasteiger partial charge in [0.15, 0.2) is 0 Å². The zero-order chi connectivity index (χ0) is 63.6. The molecule has 0 amide bonds. The molecule has 13 heteroatoms. The molecule has 87 heavy (non-hydrogen) atoms. The molecule has 0 aromatic heterocycles. The summed E-state index contributed by atoms with van der Waals surface area (Å²) in [7, 11) is -2.42. The fraction of sp³-hybridized carbons (Fsp3) is 0.622. The fourth-order valence-corrected chi connectivity index (χ4v) is 18.5. The quantitative estimate of drug-likeness (QED) is 0.0192. The molecule has 0 radical (unpaired) electrons. The molecular formula is C74H118N2NiO8Si2. The van der Waals surface area contributed by atoms with Crippen LogP contribution in [0.5, 0.6) is 23.0 Å². The number of aromatic hydroxyl groups is 2. The predicted octanol–water partition coefficient (Wildman–Crippen LogP) is 21.3. The summed E-state index contributed by atoms with van der Waals surface area (Å²) in [4.78, 5) is 32.7. The van der Waals surface area contributed by atoms with Crippen LogP contribution in [0, 0.1) is 0 Å². The van der Waals surface area contributed by atoms with Crippen LogP contribution in [-0.2, 0) is 41.4 Å². The second kappa shape index (κ2) is 47.3. The van der Waals surface area contributed by atoms with E-state index in [1.54, 1.807) is 0 Å². The average molecular weight is 1280 g/mol. The van der Waals surface area contributed by atoms with Crippen molar-refractivity contribution < 1.29 is 56.7 Å². The Morgan fingerprint density at radius 1 is 0.379 bits per heavy atom. The van der Waals surface area contributed by atoms with Crippen molar-refractivity contribution in [1.29, 1.82) is 0 Å². The second-order valence-corrected chi connectivity index (χ2v) is 35.5. The molecular weight excluding hydrogens is 1160 g/mol. The number of phenols is 2. The first-order valence-electron chi connectivity index (χ1n) is 34.3. The van der Waals surface area contributed by atoms with E-state index in [1.165, 1.54) is 211 Å². The summed E-state index contributed by atoms with van der Waals surface area (Å²) in [6.07, 6.45) is 33.5. The van der Waals surface area contributed by atoms with E-state index >= 15 is 0 Å². The van der Waals surface area contributed by atoms with Crippen LogP contribution in [-0.4, -0.2) is 59.9 Å². The first kappa shape index (κ1) is 80.3. The molecule has 0 aliphatic heterocycles. The van der Waals surface area contributed by atoms with Crippen LogP contribution in [0.2, 0.25) is 36.3 Å². The number of carboxylic acids is 2. The van der Waals surface area contributed by atoms with Gasteiger partial charge in [0.05, 0.1) is 50.1 Å².